The quantitative estimate of drug-likeness (QED) is 0.643. The highest BCUT2D eigenvalue weighted by molar-refractivity contribution is 9.10. The summed E-state index contributed by atoms with van der Waals surface area (Å²) in [7, 11) is 0. The van der Waals surface area contributed by atoms with Gasteiger partial charge in [-0.15, -0.1) is 0 Å². The third-order valence-electron chi connectivity index (χ3n) is 2.70. The Balaban J connectivity index is 1.95. The zero-order chi connectivity index (χ0) is 17.0. The van der Waals surface area contributed by atoms with Gasteiger partial charge in [-0.25, -0.2) is 18.0 Å². The molecular weight excluding hydrogens is 379 g/mol. The van der Waals surface area contributed by atoms with Crippen molar-refractivity contribution in [2.24, 2.45) is 0 Å². The zero-order valence-electron chi connectivity index (χ0n) is 11.4. The summed E-state index contributed by atoms with van der Waals surface area (Å²) in [6.45, 7) is -0.705. The third kappa shape index (κ3) is 4.32. The van der Waals surface area contributed by atoms with E-state index >= 15 is 0 Å². The molecule has 0 spiro atoms. The van der Waals surface area contributed by atoms with Crippen LogP contribution in [0.5, 0.6) is 0 Å². The first-order chi connectivity index (χ1) is 10.9. The monoisotopic (exact) mass is 387 g/mol. The lowest BCUT2D eigenvalue weighted by atomic mass is 10.2. The summed E-state index contributed by atoms with van der Waals surface area (Å²) >= 11 is 3.18. The number of benzene rings is 2. The summed E-state index contributed by atoms with van der Waals surface area (Å²) < 4.78 is 44.6. The number of hydrogen-bond donors (Lipinski definition) is 1. The Bertz CT molecular complexity index is 768. The second-order valence-corrected chi connectivity index (χ2v) is 5.27. The fourth-order valence-electron chi connectivity index (χ4n) is 1.64. The van der Waals surface area contributed by atoms with E-state index in [1.807, 2.05) is 5.32 Å². The second kappa shape index (κ2) is 7.28. The smallest absolute Gasteiger partial charge is 0.338 e. The Morgan fingerprint density at radius 3 is 2.52 bits per heavy atom. The molecule has 0 radical (unpaired) electrons. The Morgan fingerprint density at radius 1 is 1.09 bits per heavy atom. The van der Waals surface area contributed by atoms with Gasteiger partial charge < -0.3 is 10.1 Å². The first-order valence-corrected chi connectivity index (χ1v) is 7.04. The molecule has 2 rings (SSSR count). The van der Waals surface area contributed by atoms with Crippen LogP contribution in [0.2, 0.25) is 0 Å². The van der Waals surface area contributed by atoms with Crippen molar-refractivity contribution in [1.29, 1.82) is 0 Å². The number of rotatable bonds is 4. The molecule has 1 N–H and O–H groups in total. The molecule has 0 aliphatic carbocycles. The fourth-order valence-corrected chi connectivity index (χ4v) is 2.04. The topological polar surface area (TPSA) is 55.4 Å². The van der Waals surface area contributed by atoms with E-state index in [-0.39, 0.29) is 5.56 Å². The summed E-state index contributed by atoms with van der Waals surface area (Å²) in [4.78, 5) is 23.3. The van der Waals surface area contributed by atoms with Crippen LogP contribution in [-0.4, -0.2) is 18.5 Å². The molecule has 23 heavy (non-hydrogen) atoms. The predicted molar refractivity (Wildman–Crippen MR) is 79.4 cm³/mol. The number of halogens is 4. The van der Waals surface area contributed by atoms with E-state index in [9.17, 15) is 22.8 Å². The van der Waals surface area contributed by atoms with Crippen molar-refractivity contribution in [1.82, 2.24) is 0 Å². The summed E-state index contributed by atoms with van der Waals surface area (Å²) in [5.74, 6) is -6.25. The Hall–Kier alpha value is -2.35. The molecule has 0 aromatic heterocycles. The maximum Gasteiger partial charge on any atom is 0.338 e. The van der Waals surface area contributed by atoms with E-state index in [0.29, 0.717) is 10.5 Å². The van der Waals surface area contributed by atoms with Gasteiger partial charge in [-0.1, -0.05) is 22.0 Å². The molecule has 0 aliphatic heterocycles. The number of anilines is 1. The van der Waals surface area contributed by atoms with E-state index in [4.69, 9.17) is 4.74 Å². The molecule has 0 atom stereocenters. The first kappa shape index (κ1) is 17.0. The lowest BCUT2D eigenvalue weighted by Gasteiger charge is -2.08. The molecule has 1 amide bonds. The number of amides is 1. The standard InChI is InChI=1S/C15H9BrF3NO3/c16-9-3-1-2-8(6-9)15(22)23-7-12(21)20-11-5-4-10(17)13(18)14(11)19/h1-6H,7H2,(H,20,21). The van der Waals surface area contributed by atoms with Crippen molar-refractivity contribution >= 4 is 33.5 Å². The van der Waals surface area contributed by atoms with E-state index in [0.717, 1.165) is 6.07 Å². The normalized spacial score (nSPS) is 10.3. The molecule has 0 saturated heterocycles. The van der Waals surface area contributed by atoms with Crippen molar-refractivity contribution in [2.75, 3.05) is 11.9 Å². The van der Waals surface area contributed by atoms with Gasteiger partial charge in [0.2, 0.25) is 0 Å². The maximum absolute atomic E-state index is 13.4. The minimum atomic E-state index is -1.70. The zero-order valence-corrected chi connectivity index (χ0v) is 13.0. The van der Waals surface area contributed by atoms with Gasteiger partial charge in [-0.2, -0.15) is 0 Å². The van der Waals surface area contributed by atoms with Crippen LogP contribution >= 0.6 is 15.9 Å². The molecule has 8 heteroatoms. The van der Waals surface area contributed by atoms with Gasteiger partial charge in [0.1, 0.15) is 0 Å². The van der Waals surface area contributed by atoms with Crippen molar-refractivity contribution < 1.29 is 27.5 Å². The second-order valence-electron chi connectivity index (χ2n) is 4.36. The van der Waals surface area contributed by atoms with Crippen LogP contribution in [-0.2, 0) is 9.53 Å². The van der Waals surface area contributed by atoms with Gasteiger partial charge in [0, 0.05) is 4.47 Å². The SMILES string of the molecule is O=C(COC(=O)c1cccc(Br)c1)Nc1ccc(F)c(F)c1F. The van der Waals surface area contributed by atoms with E-state index in [1.165, 1.54) is 12.1 Å². The van der Waals surface area contributed by atoms with Crippen molar-refractivity contribution in [3.05, 3.63) is 63.9 Å². The maximum atomic E-state index is 13.4. The fraction of sp³-hybridized carbons (Fsp3) is 0.0667. The summed E-state index contributed by atoms with van der Waals surface area (Å²) in [6, 6.07) is 7.82. The molecule has 0 heterocycles. The minimum Gasteiger partial charge on any atom is -0.452 e. The highest BCUT2D eigenvalue weighted by Crippen LogP contribution is 2.19. The molecule has 0 aliphatic rings. The Labute approximate surface area is 137 Å². The average Bonchev–Trinajstić information content (AvgIpc) is 2.53. The molecule has 0 unspecified atom stereocenters. The van der Waals surface area contributed by atoms with E-state index < -0.39 is 41.6 Å². The number of esters is 1. The van der Waals surface area contributed by atoms with Crippen molar-refractivity contribution in [3.8, 4) is 0 Å². The van der Waals surface area contributed by atoms with Gasteiger partial charge in [-0.3, -0.25) is 4.79 Å². The van der Waals surface area contributed by atoms with Crippen LogP contribution in [0.3, 0.4) is 0 Å². The molecule has 2 aromatic carbocycles. The number of nitrogens with one attached hydrogen (secondary N) is 1. The number of carbonyl (C=O) groups excluding carboxylic acids is 2. The molecule has 120 valence electrons. The number of hydrogen-bond acceptors (Lipinski definition) is 3. The molecule has 0 bridgehead atoms. The van der Waals surface area contributed by atoms with Gasteiger partial charge in [0.15, 0.2) is 24.1 Å². The largest absolute Gasteiger partial charge is 0.452 e. The Kier molecular flexibility index (Phi) is 5.38. The van der Waals surface area contributed by atoms with Gasteiger partial charge in [-0.05, 0) is 30.3 Å². The number of ether oxygens (including phenoxy) is 1. The molecule has 0 fully saturated rings. The molecule has 2 aromatic rings. The van der Waals surface area contributed by atoms with Crippen LogP contribution < -0.4 is 5.32 Å². The highest BCUT2D eigenvalue weighted by Gasteiger charge is 2.16. The average molecular weight is 388 g/mol. The molecule has 4 nitrogen and oxygen atoms in total. The van der Waals surface area contributed by atoms with Crippen LogP contribution in [0.15, 0.2) is 40.9 Å². The predicted octanol–water partition coefficient (Wildman–Crippen LogP) is 3.66. The van der Waals surface area contributed by atoms with Crippen LogP contribution in [0.4, 0.5) is 18.9 Å². The van der Waals surface area contributed by atoms with Crippen molar-refractivity contribution in [3.63, 3.8) is 0 Å². The van der Waals surface area contributed by atoms with Crippen LogP contribution in [0, 0.1) is 17.5 Å². The summed E-state index contributed by atoms with van der Waals surface area (Å²) in [5, 5.41) is 1.99. The number of carbonyl (C=O) groups is 2. The molecule has 0 saturated carbocycles. The first-order valence-electron chi connectivity index (χ1n) is 6.24. The van der Waals surface area contributed by atoms with Crippen LogP contribution in [0.1, 0.15) is 10.4 Å². The van der Waals surface area contributed by atoms with Gasteiger partial charge >= 0.3 is 5.97 Å². The summed E-state index contributed by atoms with van der Waals surface area (Å²) in [5.41, 5.74) is -0.335. The minimum absolute atomic E-state index is 0.214. The summed E-state index contributed by atoms with van der Waals surface area (Å²) in [6.07, 6.45) is 0. The third-order valence-corrected chi connectivity index (χ3v) is 3.20. The van der Waals surface area contributed by atoms with Gasteiger partial charge in [0.25, 0.3) is 5.91 Å². The molecular formula is C15H9BrF3NO3. The van der Waals surface area contributed by atoms with Crippen molar-refractivity contribution in [2.45, 2.75) is 0 Å². The lowest BCUT2D eigenvalue weighted by Crippen LogP contribution is -2.21. The highest BCUT2D eigenvalue weighted by atomic mass is 79.9. The lowest BCUT2D eigenvalue weighted by molar-refractivity contribution is -0.119. The van der Waals surface area contributed by atoms with E-state index in [2.05, 4.69) is 15.9 Å². The van der Waals surface area contributed by atoms with E-state index in [1.54, 1.807) is 12.1 Å². The van der Waals surface area contributed by atoms with Crippen LogP contribution in [0.25, 0.3) is 0 Å². The Morgan fingerprint density at radius 2 is 1.83 bits per heavy atom. The van der Waals surface area contributed by atoms with Gasteiger partial charge in [0.05, 0.1) is 11.3 Å².